The molecule has 1 heterocycles. The lowest BCUT2D eigenvalue weighted by atomic mass is 10.1. The SMILES string of the molecule is CN1CCC(=CN=C=O)CC1. The molecule has 1 aliphatic rings. The maximum Gasteiger partial charge on any atom is 0.239 e. The van der Waals surface area contributed by atoms with E-state index in [2.05, 4.69) is 16.9 Å². The summed E-state index contributed by atoms with van der Waals surface area (Å²) in [5, 5.41) is 0. The van der Waals surface area contributed by atoms with Crippen LogP contribution in [-0.2, 0) is 4.79 Å². The molecule has 1 saturated heterocycles. The van der Waals surface area contributed by atoms with Gasteiger partial charge in [0.25, 0.3) is 0 Å². The lowest BCUT2D eigenvalue weighted by Crippen LogP contribution is -2.26. The van der Waals surface area contributed by atoms with Crippen LogP contribution in [0.25, 0.3) is 0 Å². The average molecular weight is 152 g/mol. The monoisotopic (exact) mass is 152 g/mol. The minimum absolute atomic E-state index is 1.03. The summed E-state index contributed by atoms with van der Waals surface area (Å²) in [5.41, 5.74) is 1.26. The van der Waals surface area contributed by atoms with Crippen LogP contribution < -0.4 is 0 Å². The summed E-state index contributed by atoms with van der Waals surface area (Å²) in [6.07, 6.45) is 5.21. The van der Waals surface area contributed by atoms with Gasteiger partial charge in [-0.2, -0.15) is 4.99 Å². The summed E-state index contributed by atoms with van der Waals surface area (Å²) in [6, 6.07) is 0. The first-order valence-electron chi connectivity index (χ1n) is 3.76. The fourth-order valence-electron chi connectivity index (χ4n) is 1.15. The van der Waals surface area contributed by atoms with Crippen molar-refractivity contribution in [3.05, 3.63) is 11.8 Å². The normalized spacial score (nSPS) is 19.2. The second-order valence-electron chi connectivity index (χ2n) is 2.81. The van der Waals surface area contributed by atoms with E-state index in [9.17, 15) is 4.79 Å². The third kappa shape index (κ3) is 2.66. The predicted molar refractivity (Wildman–Crippen MR) is 42.9 cm³/mol. The summed E-state index contributed by atoms with van der Waals surface area (Å²) in [7, 11) is 2.10. The van der Waals surface area contributed by atoms with Crippen molar-refractivity contribution in [1.29, 1.82) is 0 Å². The quantitative estimate of drug-likeness (QED) is 0.413. The number of likely N-dealkylation sites (tertiary alicyclic amines) is 1. The number of carbonyl (C=O) groups excluding carboxylic acids is 1. The number of nitrogens with zero attached hydrogens (tertiary/aromatic N) is 2. The molecule has 0 N–H and O–H groups in total. The average Bonchev–Trinajstić information content (AvgIpc) is 2.04. The lowest BCUT2D eigenvalue weighted by molar-refractivity contribution is 0.312. The van der Waals surface area contributed by atoms with Crippen LogP contribution in [0.3, 0.4) is 0 Å². The molecule has 11 heavy (non-hydrogen) atoms. The Morgan fingerprint density at radius 1 is 1.55 bits per heavy atom. The van der Waals surface area contributed by atoms with E-state index in [0.717, 1.165) is 25.9 Å². The summed E-state index contributed by atoms with van der Waals surface area (Å²) in [5.74, 6) is 0. The Kier molecular flexibility index (Phi) is 3.02. The molecule has 1 rings (SSSR count). The standard InChI is InChI=1S/C8H12N2O/c1-10-4-2-8(3-5-10)6-9-7-11/h6H,2-5H2,1H3. The van der Waals surface area contributed by atoms with E-state index in [1.54, 1.807) is 6.20 Å². The maximum absolute atomic E-state index is 9.77. The highest BCUT2D eigenvalue weighted by Gasteiger charge is 2.08. The van der Waals surface area contributed by atoms with E-state index in [1.807, 2.05) is 0 Å². The molecular formula is C8H12N2O. The van der Waals surface area contributed by atoms with Gasteiger partial charge in [0.05, 0.1) is 0 Å². The fourth-order valence-corrected chi connectivity index (χ4v) is 1.15. The lowest BCUT2D eigenvalue weighted by Gasteiger charge is -2.23. The Bertz CT molecular complexity index is 194. The molecule has 0 radical (unpaired) electrons. The van der Waals surface area contributed by atoms with Crippen molar-refractivity contribution in [3.63, 3.8) is 0 Å². The fraction of sp³-hybridized carbons (Fsp3) is 0.625. The van der Waals surface area contributed by atoms with Crippen molar-refractivity contribution < 1.29 is 4.79 Å². The molecule has 3 nitrogen and oxygen atoms in total. The smallest absolute Gasteiger partial charge is 0.239 e. The molecular weight excluding hydrogens is 140 g/mol. The van der Waals surface area contributed by atoms with Crippen molar-refractivity contribution in [3.8, 4) is 0 Å². The van der Waals surface area contributed by atoms with Crippen molar-refractivity contribution in [1.82, 2.24) is 4.90 Å². The minimum Gasteiger partial charge on any atom is -0.306 e. The molecule has 0 bridgehead atoms. The van der Waals surface area contributed by atoms with Crippen LogP contribution in [0.5, 0.6) is 0 Å². The maximum atomic E-state index is 9.77. The topological polar surface area (TPSA) is 32.7 Å². The third-order valence-electron chi connectivity index (χ3n) is 1.93. The number of rotatable bonds is 1. The second-order valence-corrected chi connectivity index (χ2v) is 2.81. The van der Waals surface area contributed by atoms with Gasteiger partial charge in [-0.1, -0.05) is 0 Å². The molecule has 0 atom stereocenters. The molecule has 0 unspecified atom stereocenters. The summed E-state index contributed by atoms with van der Waals surface area (Å²) in [4.78, 5) is 15.5. The molecule has 0 aliphatic carbocycles. The van der Waals surface area contributed by atoms with E-state index in [4.69, 9.17) is 0 Å². The Balaban J connectivity index is 2.44. The van der Waals surface area contributed by atoms with Crippen LogP contribution in [0.4, 0.5) is 0 Å². The third-order valence-corrected chi connectivity index (χ3v) is 1.93. The molecule has 0 amide bonds. The van der Waals surface area contributed by atoms with Gasteiger partial charge in [-0.25, -0.2) is 4.79 Å². The van der Waals surface area contributed by atoms with E-state index in [-0.39, 0.29) is 0 Å². The zero-order valence-electron chi connectivity index (χ0n) is 6.71. The molecule has 0 aromatic rings. The highest BCUT2D eigenvalue weighted by molar-refractivity contribution is 5.35. The van der Waals surface area contributed by atoms with Gasteiger partial charge < -0.3 is 4.90 Å². The Morgan fingerprint density at radius 2 is 2.18 bits per heavy atom. The van der Waals surface area contributed by atoms with E-state index >= 15 is 0 Å². The van der Waals surface area contributed by atoms with Crippen molar-refractivity contribution >= 4 is 6.08 Å². The van der Waals surface area contributed by atoms with Gasteiger partial charge >= 0.3 is 0 Å². The molecule has 0 aromatic carbocycles. The number of isocyanates is 1. The van der Waals surface area contributed by atoms with Gasteiger partial charge in [-0.15, -0.1) is 0 Å². The second kappa shape index (κ2) is 4.06. The van der Waals surface area contributed by atoms with Crippen LogP contribution in [0.1, 0.15) is 12.8 Å². The Hall–Kier alpha value is -0.920. The predicted octanol–water partition coefficient (Wildman–Crippen LogP) is 0.932. The molecule has 0 spiro atoms. The summed E-state index contributed by atoms with van der Waals surface area (Å²) in [6.45, 7) is 2.14. The van der Waals surface area contributed by atoms with Crippen molar-refractivity contribution in [2.24, 2.45) is 4.99 Å². The van der Waals surface area contributed by atoms with Gasteiger partial charge in [-0.3, -0.25) is 0 Å². The van der Waals surface area contributed by atoms with Crippen LogP contribution in [0.15, 0.2) is 16.8 Å². The van der Waals surface area contributed by atoms with E-state index in [0.29, 0.717) is 0 Å². The molecule has 0 aromatic heterocycles. The number of hydrogen-bond donors (Lipinski definition) is 0. The molecule has 1 aliphatic heterocycles. The molecule has 3 heteroatoms. The molecule has 60 valence electrons. The molecule has 1 fully saturated rings. The van der Waals surface area contributed by atoms with E-state index in [1.165, 1.54) is 11.7 Å². The van der Waals surface area contributed by atoms with Gasteiger partial charge in [0.1, 0.15) is 0 Å². The van der Waals surface area contributed by atoms with E-state index < -0.39 is 0 Å². The van der Waals surface area contributed by atoms with Crippen LogP contribution in [-0.4, -0.2) is 31.1 Å². The first kappa shape index (κ1) is 8.18. The van der Waals surface area contributed by atoms with Crippen LogP contribution in [0.2, 0.25) is 0 Å². The first-order chi connectivity index (χ1) is 5.33. The summed E-state index contributed by atoms with van der Waals surface area (Å²) < 4.78 is 0. The zero-order valence-corrected chi connectivity index (χ0v) is 6.71. The van der Waals surface area contributed by atoms with Crippen LogP contribution in [0, 0.1) is 0 Å². The number of hydrogen-bond acceptors (Lipinski definition) is 3. The van der Waals surface area contributed by atoms with Gasteiger partial charge in [0.2, 0.25) is 6.08 Å². The van der Waals surface area contributed by atoms with Gasteiger partial charge in [-0.05, 0) is 25.5 Å². The van der Waals surface area contributed by atoms with Crippen LogP contribution >= 0.6 is 0 Å². The van der Waals surface area contributed by atoms with Gasteiger partial charge in [0, 0.05) is 19.3 Å². The molecule has 0 saturated carbocycles. The Morgan fingerprint density at radius 3 is 2.73 bits per heavy atom. The number of aliphatic imine (C=N–C) groups is 1. The van der Waals surface area contributed by atoms with Gasteiger partial charge in [0.15, 0.2) is 0 Å². The zero-order chi connectivity index (χ0) is 8.10. The highest BCUT2D eigenvalue weighted by Crippen LogP contribution is 2.13. The highest BCUT2D eigenvalue weighted by atomic mass is 16.1. The first-order valence-corrected chi connectivity index (χ1v) is 3.76. The Labute approximate surface area is 66.4 Å². The number of piperidine rings is 1. The summed E-state index contributed by atoms with van der Waals surface area (Å²) >= 11 is 0. The van der Waals surface area contributed by atoms with Crippen molar-refractivity contribution in [2.45, 2.75) is 12.8 Å². The van der Waals surface area contributed by atoms with Crippen molar-refractivity contribution in [2.75, 3.05) is 20.1 Å². The minimum atomic E-state index is 1.03. The largest absolute Gasteiger partial charge is 0.306 e.